The number of guanidine groups is 1. The molecule has 0 fully saturated rings. The van der Waals surface area contributed by atoms with E-state index in [-0.39, 0.29) is 36.4 Å². The molecule has 6 nitrogen and oxygen atoms in total. The van der Waals surface area contributed by atoms with Crippen LogP contribution < -0.4 is 15.4 Å². The highest BCUT2D eigenvalue weighted by Gasteiger charge is 2.08. The molecule has 0 saturated heterocycles. The smallest absolute Gasteiger partial charge is 0.241 e. The summed E-state index contributed by atoms with van der Waals surface area (Å²) in [6.07, 6.45) is 0.813. The van der Waals surface area contributed by atoms with Crippen LogP contribution in [0.2, 0.25) is 0 Å². The second-order valence-electron chi connectivity index (χ2n) is 6.46. The van der Waals surface area contributed by atoms with E-state index in [1.807, 2.05) is 61.3 Å². The van der Waals surface area contributed by atoms with Crippen molar-refractivity contribution in [2.24, 2.45) is 4.99 Å². The molecule has 0 aliphatic heterocycles. The minimum absolute atomic E-state index is 0. The molecule has 0 unspecified atom stereocenters. The van der Waals surface area contributed by atoms with E-state index in [0.29, 0.717) is 19.0 Å². The Morgan fingerprint density at radius 3 is 2.34 bits per heavy atom. The second kappa shape index (κ2) is 13.8. The van der Waals surface area contributed by atoms with Crippen LogP contribution in [0.25, 0.3) is 0 Å². The van der Waals surface area contributed by atoms with Crippen molar-refractivity contribution in [3.8, 4) is 5.75 Å². The van der Waals surface area contributed by atoms with Gasteiger partial charge in [-0.15, -0.1) is 24.0 Å². The molecule has 0 radical (unpaired) electrons. The van der Waals surface area contributed by atoms with Crippen LogP contribution in [0, 0.1) is 0 Å². The van der Waals surface area contributed by atoms with Gasteiger partial charge in [-0.3, -0.25) is 4.79 Å². The van der Waals surface area contributed by atoms with Gasteiger partial charge in [0.2, 0.25) is 5.91 Å². The van der Waals surface area contributed by atoms with Crippen LogP contribution in [-0.2, 0) is 17.8 Å². The second-order valence-corrected chi connectivity index (χ2v) is 6.46. The third-order valence-electron chi connectivity index (χ3n) is 4.23. The predicted octanol–water partition coefficient (Wildman–Crippen LogP) is 3.07. The number of nitrogens with one attached hydrogen (secondary N) is 2. The minimum Gasteiger partial charge on any atom is -0.497 e. The van der Waals surface area contributed by atoms with Crippen LogP contribution in [0.3, 0.4) is 0 Å². The van der Waals surface area contributed by atoms with Gasteiger partial charge in [0.05, 0.1) is 7.11 Å². The summed E-state index contributed by atoms with van der Waals surface area (Å²) in [6.45, 7) is 4.14. The summed E-state index contributed by atoms with van der Waals surface area (Å²) in [5.74, 6) is 1.46. The largest absolute Gasteiger partial charge is 0.497 e. The fraction of sp³-hybridized carbons (Fsp3) is 0.364. The fourth-order valence-electron chi connectivity index (χ4n) is 2.74. The van der Waals surface area contributed by atoms with Gasteiger partial charge in [0.25, 0.3) is 0 Å². The van der Waals surface area contributed by atoms with E-state index in [0.717, 1.165) is 24.3 Å². The van der Waals surface area contributed by atoms with E-state index in [1.54, 1.807) is 7.11 Å². The molecule has 158 valence electrons. The van der Waals surface area contributed by atoms with Crippen molar-refractivity contribution in [3.05, 3.63) is 65.7 Å². The molecule has 0 aliphatic carbocycles. The van der Waals surface area contributed by atoms with Crippen molar-refractivity contribution < 1.29 is 9.53 Å². The number of nitrogens with zero attached hydrogens (tertiary/aromatic N) is 2. The van der Waals surface area contributed by atoms with Crippen molar-refractivity contribution in [1.29, 1.82) is 0 Å². The lowest BCUT2D eigenvalue weighted by molar-refractivity contribution is -0.119. The normalized spacial score (nSPS) is 10.7. The molecule has 0 bridgehead atoms. The zero-order chi connectivity index (χ0) is 20.2. The molecule has 0 spiro atoms. The van der Waals surface area contributed by atoms with Crippen molar-refractivity contribution >= 4 is 35.8 Å². The number of hydrogen-bond acceptors (Lipinski definition) is 3. The number of rotatable bonds is 9. The van der Waals surface area contributed by atoms with Gasteiger partial charge in [0.1, 0.15) is 12.3 Å². The Balaban J connectivity index is 0.00000420. The van der Waals surface area contributed by atoms with Gasteiger partial charge in [-0.05, 0) is 36.6 Å². The van der Waals surface area contributed by atoms with Crippen molar-refractivity contribution in [3.63, 3.8) is 0 Å². The van der Waals surface area contributed by atoms with Gasteiger partial charge in [0.15, 0.2) is 5.96 Å². The Kier molecular flexibility index (Phi) is 11.8. The molecule has 0 heterocycles. The van der Waals surface area contributed by atoms with E-state index in [2.05, 4.69) is 27.8 Å². The Hall–Kier alpha value is -2.29. The van der Waals surface area contributed by atoms with E-state index >= 15 is 0 Å². The van der Waals surface area contributed by atoms with Crippen molar-refractivity contribution in [1.82, 2.24) is 15.5 Å². The van der Waals surface area contributed by atoms with Crippen molar-refractivity contribution in [2.45, 2.75) is 19.9 Å². The number of halogens is 1. The molecule has 2 aromatic rings. The first-order valence-corrected chi connectivity index (χ1v) is 9.55. The lowest BCUT2D eigenvalue weighted by Crippen LogP contribution is -2.39. The maximum Gasteiger partial charge on any atom is 0.241 e. The summed E-state index contributed by atoms with van der Waals surface area (Å²) in [5, 5.41) is 6.16. The Morgan fingerprint density at radius 2 is 1.72 bits per heavy atom. The number of hydrogen-bond donors (Lipinski definition) is 2. The van der Waals surface area contributed by atoms with E-state index in [4.69, 9.17) is 4.74 Å². The van der Waals surface area contributed by atoms with Gasteiger partial charge in [-0.25, -0.2) is 4.99 Å². The molecular formula is C22H31IN4O2. The van der Waals surface area contributed by atoms with Crippen LogP contribution in [0.5, 0.6) is 5.75 Å². The quantitative estimate of drug-likeness (QED) is 0.309. The average Bonchev–Trinajstić information content (AvgIpc) is 2.72. The molecule has 2 aromatic carbocycles. The molecule has 29 heavy (non-hydrogen) atoms. The van der Waals surface area contributed by atoms with Crippen LogP contribution in [0.15, 0.2) is 59.6 Å². The Labute approximate surface area is 190 Å². The molecule has 0 aromatic heterocycles. The number of amides is 1. The Morgan fingerprint density at radius 1 is 1.03 bits per heavy atom. The first-order valence-electron chi connectivity index (χ1n) is 9.55. The number of benzene rings is 2. The summed E-state index contributed by atoms with van der Waals surface area (Å²) in [6, 6.07) is 18.0. The summed E-state index contributed by atoms with van der Waals surface area (Å²) in [7, 11) is 3.61. The summed E-state index contributed by atoms with van der Waals surface area (Å²) >= 11 is 0. The van der Waals surface area contributed by atoms with Crippen LogP contribution >= 0.6 is 24.0 Å². The summed E-state index contributed by atoms with van der Waals surface area (Å²) < 4.78 is 5.19. The van der Waals surface area contributed by atoms with Crippen LogP contribution in [0.1, 0.15) is 18.1 Å². The predicted molar refractivity (Wildman–Crippen MR) is 129 cm³/mol. The SMILES string of the molecule is CCNC(=NCC(=O)NCCc1ccccc1)N(C)Cc1ccc(OC)cc1.I. The minimum atomic E-state index is -0.0795. The van der Waals surface area contributed by atoms with Gasteiger partial charge in [0, 0.05) is 26.7 Å². The molecule has 2 N–H and O–H groups in total. The highest BCUT2D eigenvalue weighted by atomic mass is 127. The van der Waals surface area contributed by atoms with Crippen LogP contribution in [0.4, 0.5) is 0 Å². The van der Waals surface area contributed by atoms with E-state index in [9.17, 15) is 4.79 Å². The van der Waals surface area contributed by atoms with Gasteiger partial charge >= 0.3 is 0 Å². The molecular weight excluding hydrogens is 479 g/mol. The van der Waals surface area contributed by atoms with Crippen LogP contribution in [-0.4, -0.2) is 50.6 Å². The fourth-order valence-corrected chi connectivity index (χ4v) is 2.74. The highest BCUT2D eigenvalue weighted by molar-refractivity contribution is 14.0. The van der Waals surface area contributed by atoms with Gasteiger partial charge < -0.3 is 20.3 Å². The molecule has 7 heteroatoms. The van der Waals surface area contributed by atoms with Gasteiger partial charge in [-0.1, -0.05) is 42.5 Å². The molecule has 0 saturated carbocycles. The third-order valence-corrected chi connectivity index (χ3v) is 4.23. The maximum absolute atomic E-state index is 12.1. The summed E-state index contributed by atoms with van der Waals surface area (Å²) in [4.78, 5) is 18.6. The summed E-state index contributed by atoms with van der Waals surface area (Å²) in [5.41, 5.74) is 2.35. The monoisotopic (exact) mass is 510 g/mol. The van der Waals surface area contributed by atoms with E-state index < -0.39 is 0 Å². The first-order chi connectivity index (χ1) is 13.6. The number of carbonyl (C=O) groups is 1. The maximum atomic E-state index is 12.1. The van der Waals surface area contributed by atoms with E-state index in [1.165, 1.54) is 5.56 Å². The van der Waals surface area contributed by atoms with Gasteiger partial charge in [-0.2, -0.15) is 0 Å². The molecule has 0 aliphatic rings. The zero-order valence-electron chi connectivity index (χ0n) is 17.4. The highest BCUT2D eigenvalue weighted by Crippen LogP contribution is 2.12. The average molecular weight is 510 g/mol. The number of carbonyl (C=O) groups excluding carboxylic acids is 1. The third kappa shape index (κ3) is 9.17. The Bertz CT molecular complexity index is 751. The first kappa shape index (κ1) is 24.7. The number of aliphatic imine (C=N–C) groups is 1. The number of ether oxygens (including phenoxy) is 1. The molecule has 1 amide bonds. The molecule has 2 rings (SSSR count). The topological polar surface area (TPSA) is 66.0 Å². The standard InChI is InChI=1S/C22H30N4O2.HI/c1-4-23-22(26(2)17-19-10-12-20(28-3)13-11-19)25-16-21(27)24-15-14-18-8-6-5-7-9-18;/h5-13H,4,14-17H2,1-3H3,(H,23,25)(H,24,27);1H. The van der Waals surface area contributed by atoms with Crippen molar-refractivity contribution in [2.75, 3.05) is 33.8 Å². The zero-order valence-corrected chi connectivity index (χ0v) is 19.7. The number of methoxy groups -OCH3 is 1. The lowest BCUT2D eigenvalue weighted by Gasteiger charge is -2.22. The lowest BCUT2D eigenvalue weighted by atomic mass is 10.1. The molecule has 0 atom stereocenters.